The fourth-order valence-corrected chi connectivity index (χ4v) is 1.76. The van der Waals surface area contributed by atoms with Gasteiger partial charge in [0.1, 0.15) is 0 Å². The van der Waals surface area contributed by atoms with Gasteiger partial charge < -0.3 is 0 Å². The number of hydrogen-bond donors (Lipinski definition) is 0. The lowest BCUT2D eigenvalue weighted by Crippen LogP contribution is -2.00. The van der Waals surface area contributed by atoms with Crippen LogP contribution in [0.4, 0.5) is 5.69 Å². The molecule has 1 aromatic carbocycles. The minimum absolute atomic E-state index is 0.0696. The fraction of sp³-hybridized carbons (Fsp3) is 0.214. The molecule has 5 heteroatoms. The van der Waals surface area contributed by atoms with Gasteiger partial charge in [0.2, 0.25) is 0 Å². The Hall–Kier alpha value is -2.43. The van der Waals surface area contributed by atoms with E-state index in [0.717, 1.165) is 17.1 Å². The minimum Gasteiger partial charge on any atom is -0.258 e. The molecular weight excluding hydrogens is 242 g/mol. The Bertz CT molecular complexity index is 612. The Morgan fingerprint density at radius 1 is 1.37 bits per heavy atom. The summed E-state index contributed by atoms with van der Waals surface area (Å²) in [6, 6.07) is 8.28. The normalized spacial score (nSPS) is 10.7. The van der Waals surface area contributed by atoms with Gasteiger partial charge in [0.15, 0.2) is 0 Å². The van der Waals surface area contributed by atoms with Crippen LogP contribution in [-0.4, -0.2) is 14.7 Å². The van der Waals surface area contributed by atoms with E-state index in [9.17, 15) is 10.1 Å². The number of hydrogen-bond acceptors (Lipinski definition) is 3. The fourth-order valence-electron chi connectivity index (χ4n) is 1.76. The molecule has 0 saturated heterocycles. The van der Waals surface area contributed by atoms with Gasteiger partial charge in [0, 0.05) is 12.1 Å². The maximum absolute atomic E-state index is 10.6. The van der Waals surface area contributed by atoms with E-state index < -0.39 is 4.92 Å². The summed E-state index contributed by atoms with van der Waals surface area (Å²) in [6.07, 6.45) is 1.72. The SMILES string of the molecule is C=Cc1cc(C(C)C)nn1-c1ccc([N+](=O)[O-])cc1. The van der Waals surface area contributed by atoms with Gasteiger partial charge in [0.25, 0.3) is 5.69 Å². The van der Waals surface area contributed by atoms with Crippen molar-refractivity contribution in [2.24, 2.45) is 0 Å². The second kappa shape index (κ2) is 5.06. The molecule has 0 bridgehead atoms. The first-order valence-corrected chi connectivity index (χ1v) is 6.00. The number of benzene rings is 1. The van der Waals surface area contributed by atoms with E-state index in [1.54, 1.807) is 22.9 Å². The van der Waals surface area contributed by atoms with Gasteiger partial charge in [-0.2, -0.15) is 5.10 Å². The lowest BCUT2D eigenvalue weighted by Gasteiger charge is -2.04. The second-order valence-electron chi connectivity index (χ2n) is 4.54. The summed E-state index contributed by atoms with van der Waals surface area (Å²) in [6.45, 7) is 7.90. The summed E-state index contributed by atoms with van der Waals surface area (Å²) < 4.78 is 1.74. The van der Waals surface area contributed by atoms with Crippen LogP contribution in [0.3, 0.4) is 0 Å². The summed E-state index contributed by atoms with van der Waals surface area (Å²) in [4.78, 5) is 10.2. The zero-order chi connectivity index (χ0) is 14.0. The van der Waals surface area contributed by atoms with Crippen molar-refractivity contribution in [1.82, 2.24) is 9.78 Å². The van der Waals surface area contributed by atoms with E-state index in [1.165, 1.54) is 12.1 Å². The molecular formula is C14H15N3O2. The lowest BCUT2D eigenvalue weighted by atomic mass is 10.1. The quantitative estimate of drug-likeness (QED) is 0.621. The van der Waals surface area contributed by atoms with Crippen molar-refractivity contribution in [2.45, 2.75) is 19.8 Å². The molecule has 0 aliphatic rings. The Kier molecular flexibility index (Phi) is 3.46. The Morgan fingerprint density at radius 3 is 2.47 bits per heavy atom. The van der Waals surface area contributed by atoms with Crippen LogP contribution in [0.5, 0.6) is 0 Å². The van der Waals surface area contributed by atoms with Crippen LogP contribution in [0.25, 0.3) is 11.8 Å². The number of nitro benzene ring substituents is 1. The van der Waals surface area contributed by atoms with Crippen LogP contribution >= 0.6 is 0 Å². The molecule has 0 spiro atoms. The van der Waals surface area contributed by atoms with E-state index in [2.05, 4.69) is 25.5 Å². The minimum atomic E-state index is -0.416. The monoisotopic (exact) mass is 257 g/mol. The van der Waals surface area contributed by atoms with Gasteiger partial charge in [-0.25, -0.2) is 4.68 Å². The zero-order valence-corrected chi connectivity index (χ0v) is 10.9. The zero-order valence-electron chi connectivity index (χ0n) is 10.9. The van der Waals surface area contributed by atoms with Crippen molar-refractivity contribution >= 4 is 11.8 Å². The van der Waals surface area contributed by atoms with Crippen molar-refractivity contribution in [3.63, 3.8) is 0 Å². The third kappa shape index (κ3) is 2.54. The highest BCUT2D eigenvalue weighted by Crippen LogP contribution is 2.21. The number of aromatic nitrogens is 2. The molecule has 98 valence electrons. The van der Waals surface area contributed by atoms with E-state index in [-0.39, 0.29) is 5.69 Å². The van der Waals surface area contributed by atoms with Crippen molar-refractivity contribution in [1.29, 1.82) is 0 Å². The standard InChI is InChI=1S/C14H15N3O2/c1-4-11-9-14(10(2)3)15-16(11)12-5-7-13(8-6-12)17(18)19/h4-10H,1H2,2-3H3. The molecule has 2 aromatic rings. The van der Waals surface area contributed by atoms with Crippen molar-refractivity contribution < 1.29 is 4.92 Å². The van der Waals surface area contributed by atoms with Crippen LogP contribution in [0.15, 0.2) is 36.9 Å². The first-order valence-electron chi connectivity index (χ1n) is 6.00. The average Bonchev–Trinajstić information content (AvgIpc) is 2.83. The summed E-state index contributed by atoms with van der Waals surface area (Å²) in [5.74, 6) is 0.318. The Morgan fingerprint density at radius 2 is 2.00 bits per heavy atom. The predicted octanol–water partition coefficient (Wildman–Crippen LogP) is 3.55. The molecule has 0 saturated carbocycles. The van der Waals surface area contributed by atoms with Crippen LogP contribution in [-0.2, 0) is 0 Å². The number of non-ortho nitro benzene ring substituents is 1. The molecule has 5 nitrogen and oxygen atoms in total. The van der Waals surface area contributed by atoms with Gasteiger partial charge >= 0.3 is 0 Å². The smallest absolute Gasteiger partial charge is 0.258 e. The molecule has 19 heavy (non-hydrogen) atoms. The van der Waals surface area contributed by atoms with Crippen LogP contribution in [0.2, 0.25) is 0 Å². The molecule has 1 heterocycles. The number of nitrogens with zero attached hydrogens (tertiary/aromatic N) is 3. The highest BCUT2D eigenvalue weighted by molar-refractivity contribution is 5.50. The van der Waals surface area contributed by atoms with E-state index in [1.807, 2.05) is 6.07 Å². The summed E-state index contributed by atoms with van der Waals surface area (Å²) in [5.41, 5.74) is 2.69. The topological polar surface area (TPSA) is 61.0 Å². The molecule has 0 amide bonds. The maximum Gasteiger partial charge on any atom is 0.269 e. The average molecular weight is 257 g/mol. The number of rotatable bonds is 4. The summed E-state index contributed by atoms with van der Waals surface area (Å²) in [5, 5.41) is 15.1. The predicted molar refractivity (Wildman–Crippen MR) is 74.4 cm³/mol. The maximum atomic E-state index is 10.6. The molecule has 1 aromatic heterocycles. The lowest BCUT2D eigenvalue weighted by molar-refractivity contribution is -0.384. The van der Waals surface area contributed by atoms with E-state index in [0.29, 0.717) is 5.92 Å². The molecule has 0 unspecified atom stereocenters. The molecule has 0 N–H and O–H groups in total. The van der Waals surface area contributed by atoms with Crippen LogP contribution < -0.4 is 0 Å². The van der Waals surface area contributed by atoms with Crippen molar-refractivity contribution in [2.75, 3.05) is 0 Å². The van der Waals surface area contributed by atoms with E-state index in [4.69, 9.17) is 0 Å². The highest BCUT2D eigenvalue weighted by atomic mass is 16.6. The Balaban J connectivity index is 2.45. The van der Waals surface area contributed by atoms with Gasteiger partial charge in [-0.3, -0.25) is 10.1 Å². The number of nitro groups is 1. The second-order valence-corrected chi connectivity index (χ2v) is 4.54. The van der Waals surface area contributed by atoms with Crippen LogP contribution in [0, 0.1) is 10.1 Å². The van der Waals surface area contributed by atoms with Crippen molar-refractivity contribution in [3.05, 3.63) is 58.4 Å². The molecule has 0 radical (unpaired) electrons. The summed E-state index contributed by atoms with van der Waals surface area (Å²) >= 11 is 0. The third-order valence-corrected chi connectivity index (χ3v) is 2.86. The largest absolute Gasteiger partial charge is 0.269 e. The van der Waals surface area contributed by atoms with E-state index >= 15 is 0 Å². The third-order valence-electron chi connectivity index (χ3n) is 2.86. The molecule has 0 atom stereocenters. The van der Waals surface area contributed by atoms with Gasteiger partial charge in [-0.05, 0) is 30.2 Å². The van der Waals surface area contributed by atoms with Gasteiger partial charge in [-0.1, -0.05) is 20.4 Å². The highest BCUT2D eigenvalue weighted by Gasteiger charge is 2.11. The van der Waals surface area contributed by atoms with Gasteiger partial charge in [0.05, 0.1) is 22.0 Å². The van der Waals surface area contributed by atoms with Crippen molar-refractivity contribution in [3.8, 4) is 5.69 Å². The first kappa shape index (κ1) is 13.0. The molecule has 0 fully saturated rings. The molecule has 0 aliphatic carbocycles. The molecule has 2 rings (SSSR count). The van der Waals surface area contributed by atoms with Gasteiger partial charge in [-0.15, -0.1) is 0 Å². The molecule has 0 aliphatic heterocycles. The Labute approximate surface area is 111 Å². The van der Waals surface area contributed by atoms with Crippen LogP contribution in [0.1, 0.15) is 31.2 Å². The summed E-state index contributed by atoms with van der Waals surface area (Å²) in [7, 11) is 0. The first-order chi connectivity index (χ1) is 9.02.